The van der Waals surface area contributed by atoms with E-state index in [-0.39, 0.29) is 5.91 Å². The van der Waals surface area contributed by atoms with Crippen LogP contribution >= 0.6 is 0 Å². The lowest BCUT2D eigenvalue weighted by molar-refractivity contribution is -0.143. The number of likely N-dealkylation sites (tertiary alicyclic amines) is 1. The van der Waals surface area contributed by atoms with Gasteiger partial charge in [0, 0.05) is 18.8 Å². The van der Waals surface area contributed by atoms with Gasteiger partial charge < -0.3 is 14.8 Å². The van der Waals surface area contributed by atoms with Gasteiger partial charge in [0.15, 0.2) is 0 Å². The fourth-order valence-electron chi connectivity index (χ4n) is 4.47. The Hall–Kier alpha value is -1.59. The third-order valence-electron chi connectivity index (χ3n) is 6.41. The Kier molecular flexibility index (Phi) is 8.37. The molecule has 0 aromatic heterocycles. The number of anilines is 1. The maximum atomic E-state index is 13.0. The van der Waals surface area contributed by atoms with Crippen LogP contribution in [0.25, 0.3) is 0 Å². The molecule has 0 atom stereocenters. The Morgan fingerprint density at radius 2 is 1.76 bits per heavy atom. The predicted octanol–water partition coefficient (Wildman–Crippen LogP) is 4.87. The summed E-state index contributed by atoms with van der Waals surface area (Å²) in [5.74, 6) is 1.70. The predicted molar refractivity (Wildman–Crippen MR) is 117 cm³/mol. The van der Waals surface area contributed by atoms with E-state index in [1.165, 1.54) is 38.8 Å². The number of hydrogen-bond acceptors (Lipinski definition) is 4. The van der Waals surface area contributed by atoms with Crippen molar-refractivity contribution in [2.24, 2.45) is 5.92 Å². The Balaban J connectivity index is 1.48. The molecule has 1 heterocycles. The minimum atomic E-state index is -0.674. The van der Waals surface area contributed by atoms with Gasteiger partial charge in [0.05, 0.1) is 0 Å². The number of carbonyl (C=O) groups is 1. The number of nitrogens with one attached hydrogen (secondary N) is 1. The molecule has 3 rings (SSSR count). The standard InChI is InChI=1S/C24H38N2O3/c1-3-29-24(14-6-4-5-7-15-24)23(27)25-21-8-10-22(11-9-21)28-19-18-26-16-12-20(2)13-17-26/h8-11,20H,3-7,12-19H2,1-2H3,(H,25,27). The van der Waals surface area contributed by atoms with E-state index in [2.05, 4.69) is 17.1 Å². The first-order chi connectivity index (χ1) is 14.1. The van der Waals surface area contributed by atoms with Crippen molar-refractivity contribution in [3.8, 4) is 5.75 Å². The van der Waals surface area contributed by atoms with Crippen LogP contribution in [-0.4, -0.2) is 49.3 Å². The van der Waals surface area contributed by atoms with Crippen molar-refractivity contribution in [2.75, 3.05) is 38.2 Å². The average Bonchev–Trinajstić information content (AvgIpc) is 2.98. The molecule has 0 radical (unpaired) electrons. The summed E-state index contributed by atoms with van der Waals surface area (Å²) in [5.41, 5.74) is 0.127. The number of carbonyl (C=O) groups excluding carboxylic acids is 1. The lowest BCUT2D eigenvalue weighted by atomic mass is 9.93. The normalized spacial score (nSPS) is 20.8. The van der Waals surface area contributed by atoms with E-state index in [1.807, 2.05) is 31.2 Å². The Morgan fingerprint density at radius 3 is 2.38 bits per heavy atom. The Bertz CT molecular complexity index is 616. The molecule has 29 heavy (non-hydrogen) atoms. The van der Waals surface area contributed by atoms with Gasteiger partial charge >= 0.3 is 0 Å². The van der Waals surface area contributed by atoms with Crippen molar-refractivity contribution in [3.63, 3.8) is 0 Å². The minimum Gasteiger partial charge on any atom is -0.492 e. The number of piperidine rings is 1. The number of hydrogen-bond donors (Lipinski definition) is 1. The summed E-state index contributed by atoms with van der Waals surface area (Å²) >= 11 is 0. The summed E-state index contributed by atoms with van der Waals surface area (Å²) in [7, 11) is 0. The highest BCUT2D eigenvalue weighted by Crippen LogP contribution is 2.32. The molecule has 1 aromatic rings. The highest BCUT2D eigenvalue weighted by Gasteiger charge is 2.39. The molecule has 1 amide bonds. The van der Waals surface area contributed by atoms with Crippen LogP contribution in [0.15, 0.2) is 24.3 Å². The van der Waals surface area contributed by atoms with E-state index in [4.69, 9.17) is 9.47 Å². The van der Waals surface area contributed by atoms with Gasteiger partial charge in [-0.1, -0.05) is 32.6 Å². The molecule has 0 bridgehead atoms. The van der Waals surface area contributed by atoms with Crippen LogP contribution in [0.1, 0.15) is 65.2 Å². The van der Waals surface area contributed by atoms with Crippen LogP contribution in [0.2, 0.25) is 0 Å². The zero-order valence-electron chi connectivity index (χ0n) is 18.3. The van der Waals surface area contributed by atoms with E-state index in [0.717, 1.165) is 49.6 Å². The number of benzene rings is 1. The molecule has 1 aromatic carbocycles. The molecule has 1 aliphatic heterocycles. The molecule has 0 unspecified atom stereocenters. The number of rotatable bonds is 8. The molecule has 1 saturated carbocycles. The second-order valence-electron chi connectivity index (χ2n) is 8.69. The highest BCUT2D eigenvalue weighted by molar-refractivity contribution is 5.97. The van der Waals surface area contributed by atoms with Gasteiger partial charge in [0.1, 0.15) is 18.0 Å². The fourth-order valence-corrected chi connectivity index (χ4v) is 4.47. The summed E-state index contributed by atoms with van der Waals surface area (Å²) in [6.07, 6.45) is 8.67. The number of nitrogens with zero attached hydrogens (tertiary/aromatic N) is 1. The van der Waals surface area contributed by atoms with Crippen LogP contribution in [0.4, 0.5) is 5.69 Å². The smallest absolute Gasteiger partial charge is 0.256 e. The van der Waals surface area contributed by atoms with Gasteiger partial charge in [-0.25, -0.2) is 0 Å². The third kappa shape index (κ3) is 6.45. The molecule has 1 saturated heterocycles. The zero-order chi connectivity index (χ0) is 20.5. The molecular formula is C24H38N2O3. The van der Waals surface area contributed by atoms with E-state index in [1.54, 1.807) is 0 Å². The lowest BCUT2D eigenvalue weighted by Gasteiger charge is -2.31. The first-order valence-corrected chi connectivity index (χ1v) is 11.5. The first-order valence-electron chi connectivity index (χ1n) is 11.5. The van der Waals surface area contributed by atoms with E-state index in [9.17, 15) is 4.79 Å². The zero-order valence-corrected chi connectivity index (χ0v) is 18.3. The summed E-state index contributed by atoms with van der Waals surface area (Å²) in [5, 5.41) is 3.08. The molecule has 1 aliphatic carbocycles. The maximum Gasteiger partial charge on any atom is 0.256 e. The van der Waals surface area contributed by atoms with Crippen molar-refractivity contribution in [1.82, 2.24) is 4.90 Å². The average molecular weight is 403 g/mol. The molecular weight excluding hydrogens is 364 g/mol. The van der Waals surface area contributed by atoms with Crippen LogP contribution < -0.4 is 10.1 Å². The molecule has 2 aliphatic rings. The van der Waals surface area contributed by atoms with Crippen LogP contribution in [0, 0.1) is 5.92 Å². The lowest BCUT2D eigenvalue weighted by Crippen LogP contribution is -2.45. The summed E-state index contributed by atoms with van der Waals surface area (Å²) in [4.78, 5) is 15.5. The molecule has 5 heteroatoms. The van der Waals surface area contributed by atoms with Crippen molar-refractivity contribution < 1.29 is 14.3 Å². The molecule has 162 valence electrons. The molecule has 2 fully saturated rings. The quantitative estimate of drug-likeness (QED) is 0.631. The largest absolute Gasteiger partial charge is 0.492 e. The Labute approximate surface area is 176 Å². The first kappa shape index (κ1) is 22.1. The van der Waals surface area contributed by atoms with E-state index < -0.39 is 5.60 Å². The topological polar surface area (TPSA) is 50.8 Å². The number of amides is 1. The molecule has 1 N–H and O–H groups in total. The summed E-state index contributed by atoms with van der Waals surface area (Å²) < 4.78 is 11.9. The second-order valence-corrected chi connectivity index (χ2v) is 8.69. The van der Waals surface area contributed by atoms with Crippen LogP contribution in [0.3, 0.4) is 0 Å². The SMILES string of the molecule is CCOC1(C(=O)Nc2ccc(OCCN3CCC(C)CC3)cc2)CCCCCC1. The van der Waals surface area contributed by atoms with Gasteiger partial charge in [-0.3, -0.25) is 9.69 Å². The number of ether oxygens (including phenoxy) is 2. The van der Waals surface area contributed by atoms with Gasteiger partial charge in [-0.2, -0.15) is 0 Å². The van der Waals surface area contributed by atoms with E-state index >= 15 is 0 Å². The minimum absolute atomic E-state index is 0.00533. The highest BCUT2D eigenvalue weighted by atomic mass is 16.5. The van der Waals surface area contributed by atoms with Gasteiger partial charge in [0.25, 0.3) is 5.91 Å². The van der Waals surface area contributed by atoms with Gasteiger partial charge in [-0.05, 0) is 75.9 Å². The fraction of sp³-hybridized carbons (Fsp3) is 0.708. The van der Waals surface area contributed by atoms with Crippen molar-refractivity contribution in [2.45, 2.75) is 70.8 Å². The molecule has 5 nitrogen and oxygen atoms in total. The Morgan fingerprint density at radius 1 is 1.10 bits per heavy atom. The van der Waals surface area contributed by atoms with Gasteiger partial charge in [0.2, 0.25) is 0 Å². The molecule has 0 spiro atoms. The second kappa shape index (κ2) is 11.0. The van der Waals surface area contributed by atoms with Gasteiger partial charge in [-0.15, -0.1) is 0 Å². The summed E-state index contributed by atoms with van der Waals surface area (Å²) in [6.45, 7) is 8.90. The monoisotopic (exact) mass is 402 g/mol. The van der Waals surface area contributed by atoms with Crippen LogP contribution in [0.5, 0.6) is 5.75 Å². The third-order valence-corrected chi connectivity index (χ3v) is 6.41. The van der Waals surface area contributed by atoms with E-state index in [0.29, 0.717) is 13.2 Å². The maximum absolute atomic E-state index is 13.0. The summed E-state index contributed by atoms with van der Waals surface area (Å²) in [6, 6.07) is 7.72. The van der Waals surface area contributed by atoms with Crippen molar-refractivity contribution in [1.29, 1.82) is 0 Å². The van der Waals surface area contributed by atoms with Crippen molar-refractivity contribution >= 4 is 11.6 Å². The van der Waals surface area contributed by atoms with Crippen molar-refractivity contribution in [3.05, 3.63) is 24.3 Å². The van der Waals surface area contributed by atoms with Crippen LogP contribution in [-0.2, 0) is 9.53 Å².